The van der Waals surface area contributed by atoms with Gasteiger partial charge in [0.1, 0.15) is 47.8 Å². The van der Waals surface area contributed by atoms with Gasteiger partial charge in [-0.3, -0.25) is 57.5 Å². The minimum Gasteiger partial charge on any atom is -0.347 e. The zero-order valence-corrected chi connectivity index (χ0v) is 63.5. The van der Waals surface area contributed by atoms with Crippen LogP contribution in [0.3, 0.4) is 0 Å². The van der Waals surface area contributed by atoms with Crippen LogP contribution in [0.15, 0.2) is 67.8 Å². The van der Waals surface area contributed by atoms with E-state index in [0.29, 0.717) is 44.1 Å². The Morgan fingerprint density at radius 3 is 1.90 bits per heavy atom. The highest BCUT2D eigenvalue weighted by Gasteiger charge is 2.51. The molecule has 2 saturated heterocycles. The fourth-order valence-corrected chi connectivity index (χ4v) is 15.0. The van der Waals surface area contributed by atoms with Crippen molar-refractivity contribution < 1.29 is 70.7 Å². The summed E-state index contributed by atoms with van der Waals surface area (Å²) in [5.74, 6) is -9.45. The number of hydrogen-bond donors (Lipinski definition) is 3. The maximum Gasteiger partial charge on any atom is 0.417 e. The van der Waals surface area contributed by atoms with Crippen molar-refractivity contribution in [1.29, 1.82) is 0 Å². The lowest BCUT2D eigenvalue weighted by molar-refractivity contribution is -0.156. The molecule has 24 nitrogen and oxygen atoms in total. The summed E-state index contributed by atoms with van der Waals surface area (Å²) in [6.45, 7) is 14.8. The summed E-state index contributed by atoms with van der Waals surface area (Å²) in [5, 5.41) is 8.12. The van der Waals surface area contributed by atoms with Crippen LogP contribution in [0.4, 0.5) is 13.2 Å². The van der Waals surface area contributed by atoms with E-state index in [0.717, 1.165) is 40.3 Å². The molecule has 0 aromatic heterocycles. The van der Waals surface area contributed by atoms with E-state index in [2.05, 4.69) is 29.1 Å². The number of halogens is 4. The van der Waals surface area contributed by atoms with Crippen LogP contribution >= 0.6 is 11.6 Å². The van der Waals surface area contributed by atoms with Crippen LogP contribution in [0.2, 0.25) is 5.02 Å². The van der Waals surface area contributed by atoms with Crippen LogP contribution in [-0.4, -0.2) is 251 Å². The monoisotopic (exact) mass is 1470 g/mol. The normalized spacial score (nSPS) is 24.1. The van der Waals surface area contributed by atoms with Crippen LogP contribution in [0.1, 0.15) is 153 Å². The smallest absolute Gasteiger partial charge is 0.347 e. The van der Waals surface area contributed by atoms with Crippen LogP contribution in [0.5, 0.6) is 0 Å². The SMILES string of the molecule is C=CCCN1CC(=O)N(CCC=C)[C@@H](Cc2ccc(C)cc2)C(=O)N(C)CC(=O)N[C@@H](CCc2ccc(C(F)(F)F)c(Cl)c2)C(=O)N2CCC[C@H]2C(=O)NC2(CCCC2)C(=O)N(C)[C@@H](C2CCCC2)C(=O)N(C)[C@H](C(=O)N(C)C)CC(=O)N(C)[C@@H](CC(C)C)C(=O)N[C@@H]([C@@H](C)CC)C(=O)N(C)CC1=O. The minimum absolute atomic E-state index is 0.00926. The highest BCUT2D eigenvalue weighted by atomic mass is 35.5. The van der Waals surface area contributed by atoms with Gasteiger partial charge in [0.15, 0.2) is 0 Å². The number of likely N-dealkylation sites (N-methyl/N-ethyl adjacent to an activating group) is 6. The quantitative estimate of drug-likeness (QED) is 0.142. The Bertz CT molecular complexity index is 3430. The summed E-state index contributed by atoms with van der Waals surface area (Å²) in [6, 6.07) is 1.21. The molecule has 104 heavy (non-hydrogen) atoms. The first kappa shape index (κ1) is 84.6. The Hall–Kier alpha value is -8.36. The maximum atomic E-state index is 15.6. The van der Waals surface area contributed by atoms with E-state index in [1.165, 1.54) is 89.7 Å². The minimum atomic E-state index is -4.78. The van der Waals surface area contributed by atoms with Gasteiger partial charge in [-0.05, 0) is 119 Å². The maximum absolute atomic E-state index is 15.6. The van der Waals surface area contributed by atoms with Crippen molar-refractivity contribution in [3.8, 4) is 0 Å². The number of amides is 12. The average Bonchev–Trinajstić information content (AvgIpc) is 1.55. The van der Waals surface area contributed by atoms with Gasteiger partial charge in [-0.2, -0.15) is 13.2 Å². The number of carbonyl (C=O) groups excluding carboxylic acids is 12. The van der Waals surface area contributed by atoms with Crippen LogP contribution in [0, 0.1) is 24.7 Å². The second kappa shape index (κ2) is 38.1. The first-order chi connectivity index (χ1) is 49.0. The van der Waals surface area contributed by atoms with E-state index >= 15 is 28.8 Å². The molecule has 574 valence electrons. The van der Waals surface area contributed by atoms with Crippen molar-refractivity contribution in [2.24, 2.45) is 17.8 Å². The predicted octanol–water partition coefficient (Wildman–Crippen LogP) is 6.58. The Balaban J connectivity index is 1.49. The molecule has 2 heterocycles. The number of aryl methyl sites for hydroxylation is 2. The molecule has 4 fully saturated rings. The standard InChI is InChI=1S/C76H110ClF3N12O12/c1-15-18-38-90-47-64(96)91(39-19-16-2)60(43-52-30-28-49(6)29-31-52)71(101)85(10)45-61(93)81-56(35-33-51-32-34-54(55(77)42-51)76(78,79)80)69(99)92-40-24-27-57(92)68(98)83-75(36-22-23-37-75)74(104)89(14)66(53-25-20-21-26-53)73(103)88(13)59(70(100)84(8)9)44-62(94)87(12)58(41-48(4)5)67(97)82-65(50(7)17-3)72(102)86(11)46-63(90)95/h15-16,28-32,34,42,48,50,53,56-60,65-66H,1-2,17-27,33,35-41,43-47H2,3-14H3,(H,81,93)(H,82,97)(H,83,98)/t50-,56-,57-,58-,59-,60-,65-,66-/m0/s1. The van der Waals surface area contributed by atoms with Gasteiger partial charge in [-0.15, -0.1) is 13.2 Å². The summed E-state index contributed by atoms with van der Waals surface area (Å²) in [5.41, 5.74) is -0.871. The molecular formula is C76H110ClF3N12O12. The second-order valence-electron chi connectivity index (χ2n) is 29.4. The fourth-order valence-electron chi connectivity index (χ4n) is 14.6. The summed E-state index contributed by atoms with van der Waals surface area (Å²) < 4.78 is 41.8. The van der Waals surface area contributed by atoms with E-state index in [1.54, 1.807) is 31.2 Å². The van der Waals surface area contributed by atoms with Gasteiger partial charge in [0.25, 0.3) is 0 Å². The summed E-state index contributed by atoms with van der Waals surface area (Å²) in [4.78, 5) is 192. The molecule has 8 atom stereocenters. The lowest BCUT2D eigenvalue weighted by atomic mass is 9.90. The van der Waals surface area contributed by atoms with E-state index in [-0.39, 0.29) is 88.9 Å². The Kier molecular flexibility index (Phi) is 31.0. The number of carbonyl (C=O) groups is 12. The highest BCUT2D eigenvalue weighted by Crippen LogP contribution is 2.38. The topological polar surface area (TPSA) is 270 Å². The third-order valence-corrected chi connectivity index (χ3v) is 21.3. The Labute approximate surface area is 616 Å². The molecule has 6 rings (SSSR count). The number of nitrogens with one attached hydrogen (secondary N) is 3. The van der Waals surface area contributed by atoms with E-state index in [1.807, 2.05) is 39.8 Å². The van der Waals surface area contributed by atoms with Crippen molar-refractivity contribution in [3.63, 3.8) is 0 Å². The van der Waals surface area contributed by atoms with Gasteiger partial charge in [-0.1, -0.05) is 119 Å². The fraction of sp³-hybridized carbons (Fsp3) is 0.632. The molecule has 4 aliphatic rings. The first-order valence-corrected chi connectivity index (χ1v) is 36.8. The van der Waals surface area contributed by atoms with Gasteiger partial charge in [0, 0.05) is 75.4 Å². The Morgan fingerprint density at radius 1 is 0.702 bits per heavy atom. The molecule has 2 aliphatic heterocycles. The van der Waals surface area contributed by atoms with Gasteiger partial charge < -0.3 is 60.0 Å². The van der Waals surface area contributed by atoms with Crippen LogP contribution in [-0.2, 0) is 76.6 Å². The van der Waals surface area contributed by atoms with E-state index in [9.17, 15) is 41.9 Å². The lowest BCUT2D eigenvalue weighted by Gasteiger charge is -2.42. The third-order valence-electron chi connectivity index (χ3n) is 21.0. The zero-order chi connectivity index (χ0) is 77.2. The number of benzene rings is 2. The highest BCUT2D eigenvalue weighted by molar-refractivity contribution is 6.31. The molecule has 0 unspecified atom stereocenters. The molecule has 0 radical (unpaired) electrons. The first-order valence-electron chi connectivity index (χ1n) is 36.4. The van der Waals surface area contributed by atoms with Crippen molar-refractivity contribution in [1.82, 2.24) is 60.0 Å². The molecular weight excluding hydrogens is 1370 g/mol. The van der Waals surface area contributed by atoms with Crippen molar-refractivity contribution in [3.05, 3.63) is 95.1 Å². The molecule has 28 heteroatoms. The molecule has 3 N–H and O–H groups in total. The predicted molar refractivity (Wildman–Crippen MR) is 388 cm³/mol. The molecule has 2 saturated carbocycles. The van der Waals surface area contributed by atoms with E-state index in [4.69, 9.17) is 11.6 Å². The molecule has 2 aromatic carbocycles. The summed E-state index contributed by atoms with van der Waals surface area (Å²) in [6.07, 6.45) is 2.36. The molecule has 0 bridgehead atoms. The number of rotatable bonds is 17. The van der Waals surface area contributed by atoms with Crippen LogP contribution in [0.25, 0.3) is 0 Å². The van der Waals surface area contributed by atoms with Gasteiger partial charge in [-0.25, -0.2) is 0 Å². The van der Waals surface area contributed by atoms with Crippen LogP contribution < -0.4 is 16.0 Å². The second-order valence-corrected chi connectivity index (χ2v) is 29.8. The van der Waals surface area contributed by atoms with Gasteiger partial charge >= 0.3 is 6.18 Å². The summed E-state index contributed by atoms with van der Waals surface area (Å²) >= 11 is 6.18. The Morgan fingerprint density at radius 2 is 1.32 bits per heavy atom. The number of fused-ring (bicyclic) bond motifs is 1. The number of hydrogen-bond acceptors (Lipinski definition) is 12. The average molecular weight is 1480 g/mol. The van der Waals surface area contributed by atoms with Gasteiger partial charge in [0.2, 0.25) is 70.9 Å². The molecule has 1 spiro atoms. The third kappa shape index (κ3) is 21.7. The van der Waals surface area contributed by atoms with Crippen molar-refractivity contribution in [2.45, 2.75) is 204 Å². The largest absolute Gasteiger partial charge is 0.417 e. The van der Waals surface area contributed by atoms with Crippen molar-refractivity contribution >= 4 is 82.5 Å². The molecule has 2 aliphatic carbocycles. The van der Waals surface area contributed by atoms with E-state index < -0.39 is 173 Å². The molecule has 2 aromatic rings. The number of nitrogens with zero attached hydrogens (tertiary/aromatic N) is 9. The zero-order valence-electron chi connectivity index (χ0n) is 62.8. The summed E-state index contributed by atoms with van der Waals surface area (Å²) in [7, 11) is 9.96. The van der Waals surface area contributed by atoms with Gasteiger partial charge in [0.05, 0.1) is 36.6 Å². The van der Waals surface area contributed by atoms with Crippen molar-refractivity contribution in [2.75, 3.05) is 88.6 Å². The lowest BCUT2D eigenvalue weighted by Crippen LogP contribution is -2.65. The molecule has 12 amide bonds. The number of alkyl halides is 3.